The van der Waals surface area contributed by atoms with Gasteiger partial charge in [0.1, 0.15) is 0 Å². The van der Waals surface area contributed by atoms with Gasteiger partial charge in [-0.25, -0.2) is 4.98 Å². The van der Waals surface area contributed by atoms with E-state index < -0.39 is 0 Å². The van der Waals surface area contributed by atoms with Gasteiger partial charge in [-0.3, -0.25) is 0 Å². The molecule has 3 aliphatic rings. The topological polar surface area (TPSA) is 43.4 Å². The summed E-state index contributed by atoms with van der Waals surface area (Å²) in [5, 5.41) is 8.42. The molecule has 2 N–H and O–H groups in total. The summed E-state index contributed by atoms with van der Waals surface area (Å²) < 4.78 is 0. The first-order chi connectivity index (χ1) is 17.9. The Morgan fingerprint density at radius 3 is 2.41 bits per heavy atom. The molecule has 3 aromatic rings. The Bertz CT molecular complexity index is 1230. The molecule has 0 amide bonds. The molecule has 6 rings (SSSR count). The van der Waals surface area contributed by atoms with Crippen LogP contribution in [0.3, 0.4) is 0 Å². The van der Waals surface area contributed by atoms with E-state index in [1.54, 1.807) is 0 Å². The van der Waals surface area contributed by atoms with Crippen molar-refractivity contribution in [2.75, 3.05) is 62.2 Å². The monoisotopic (exact) mass is 497 g/mol. The van der Waals surface area contributed by atoms with Crippen molar-refractivity contribution in [1.29, 1.82) is 0 Å². The zero-order chi connectivity index (χ0) is 25.5. The fourth-order valence-corrected chi connectivity index (χ4v) is 6.67. The molecule has 0 aliphatic carbocycles. The first-order valence-electron chi connectivity index (χ1n) is 14.3. The molecule has 3 aliphatic heterocycles. The van der Waals surface area contributed by atoms with Crippen LogP contribution in [0.25, 0.3) is 22.2 Å². The molecule has 1 unspecified atom stereocenters. The maximum Gasteiger partial charge on any atom is 0.0733 e. The zero-order valence-corrected chi connectivity index (χ0v) is 22.9. The third-order valence-electron chi connectivity index (χ3n) is 8.57. The molecule has 0 radical (unpaired) electrons. The highest BCUT2D eigenvalue weighted by Gasteiger charge is 2.39. The maximum absolute atomic E-state index is 5.25. The summed E-state index contributed by atoms with van der Waals surface area (Å²) in [5.41, 5.74) is 8.14. The predicted molar refractivity (Wildman–Crippen MR) is 157 cm³/mol. The number of benzene rings is 2. The van der Waals surface area contributed by atoms with Gasteiger partial charge in [0.05, 0.1) is 11.2 Å². The number of rotatable bonds is 4. The molecule has 37 heavy (non-hydrogen) atoms. The molecule has 5 heteroatoms. The molecule has 1 spiro atoms. The molecular formula is C32H43N5. The summed E-state index contributed by atoms with van der Waals surface area (Å²) in [6.45, 7) is 15.8. The van der Waals surface area contributed by atoms with E-state index in [1.165, 1.54) is 53.7 Å². The van der Waals surface area contributed by atoms with Crippen LogP contribution in [0.15, 0.2) is 48.5 Å². The van der Waals surface area contributed by atoms with Gasteiger partial charge in [0.2, 0.25) is 0 Å². The second-order valence-corrected chi connectivity index (χ2v) is 12.9. The van der Waals surface area contributed by atoms with Crippen LogP contribution in [0.4, 0.5) is 11.4 Å². The lowest BCUT2D eigenvalue weighted by molar-refractivity contribution is 0.239. The van der Waals surface area contributed by atoms with Gasteiger partial charge in [-0.15, -0.1) is 0 Å². The van der Waals surface area contributed by atoms with Crippen molar-refractivity contribution >= 4 is 22.3 Å². The Morgan fingerprint density at radius 1 is 0.865 bits per heavy atom. The van der Waals surface area contributed by atoms with Crippen molar-refractivity contribution in [1.82, 2.24) is 15.6 Å². The van der Waals surface area contributed by atoms with Gasteiger partial charge in [0, 0.05) is 73.6 Å². The fraction of sp³-hybridized carbons (Fsp3) is 0.531. The van der Waals surface area contributed by atoms with Crippen molar-refractivity contribution in [3.63, 3.8) is 0 Å². The van der Waals surface area contributed by atoms with Crippen LogP contribution >= 0.6 is 0 Å². The minimum Gasteiger partial charge on any atom is -0.370 e. The van der Waals surface area contributed by atoms with E-state index >= 15 is 0 Å². The van der Waals surface area contributed by atoms with Crippen LogP contribution in [0.1, 0.15) is 45.6 Å². The summed E-state index contributed by atoms with van der Waals surface area (Å²) in [4.78, 5) is 10.4. The second-order valence-electron chi connectivity index (χ2n) is 12.9. The number of fused-ring (bicyclic) bond motifs is 1. The molecule has 3 fully saturated rings. The van der Waals surface area contributed by atoms with E-state index in [9.17, 15) is 0 Å². The van der Waals surface area contributed by atoms with Gasteiger partial charge in [0.15, 0.2) is 0 Å². The van der Waals surface area contributed by atoms with Crippen molar-refractivity contribution in [3.05, 3.63) is 54.1 Å². The lowest BCUT2D eigenvalue weighted by Crippen LogP contribution is -2.43. The third-order valence-corrected chi connectivity index (χ3v) is 8.57. The number of anilines is 2. The molecule has 4 heterocycles. The minimum absolute atomic E-state index is 0.253. The molecule has 0 bridgehead atoms. The fourth-order valence-electron chi connectivity index (χ4n) is 6.67. The Kier molecular flexibility index (Phi) is 6.62. The average Bonchev–Trinajstić information content (AvgIpc) is 3.30. The number of hydrogen-bond acceptors (Lipinski definition) is 5. The van der Waals surface area contributed by atoms with E-state index in [2.05, 4.69) is 89.7 Å². The molecule has 5 nitrogen and oxygen atoms in total. The van der Waals surface area contributed by atoms with Gasteiger partial charge in [-0.1, -0.05) is 45.0 Å². The van der Waals surface area contributed by atoms with E-state index in [0.717, 1.165) is 63.4 Å². The molecule has 0 saturated carbocycles. The van der Waals surface area contributed by atoms with E-state index in [4.69, 9.17) is 4.98 Å². The van der Waals surface area contributed by atoms with Crippen molar-refractivity contribution in [3.8, 4) is 11.3 Å². The largest absolute Gasteiger partial charge is 0.370 e. The minimum atomic E-state index is 0.253. The Morgan fingerprint density at radius 2 is 1.68 bits per heavy atom. The normalized spacial score (nSPS) is 22.8. The van der Waals surface area contributed by atoms with Crippen LogP contribution in [-0.2, 0) is 6.42 Å². The van der Waals surface area contributed by atoms with Gasteiger partial charge >= 0.3 is 0 Å². The summed E-state index contributed by atoms with van der Waals surface area (Å²) >= 11 is 0. The highest BCUT2D eigenvalue weighted by atomic mass is 15.2. The number of aromatic nitrogens is 1. The second kappa shape index (κ2) is 9.92. The van der Waals surface area contributed by atoms with Gasteiger partial charge in [0.25, 0.3) is 0 Å². The molecule has 3 saturated heterocycles. The maximum atomic E-state index is 5.25. The summed E-state index contributed by atoms with van der Waals surface area (Å²) in [5.74, 6) is 0. The number of nitrogens with zero attached hydrogens (tertiary/aromatic N) is 3. The quantitative estimate of drug-likeness (QED) is 0.500. The predicted octanol–water partition coefficient (Wildman–Crippen LogP) is 5.48. The Labute approximate surface area is 222 Å². The zero-order valence-electron chi connectivity index (χ0n) is 22.9. The number of nitrogens with one attached hydrogen (secondary N) is 2. The molecule has 1 atom stereocenters. The van der Waals surface area contributed by atoms with E-state index in [0.29, 0.717) is 5.41 Å². The standard InChI is InChI=1S/C32H43N5/c1-31(2,3)21-24-5-10-27-29(19-24)35-28(25-6-8-26(9-7-25)36-17-14-33-15-18-36)20-30(27)37-16-12-32(23-37)11-4-13-34-22-32/h5-10,19-20,33-34H,4,11-18,21-23H2,1-3H3. The molecule has 2 aromatic carbocycles. The number of piperidine rings is 1. The van der Waals surface area contributed by atoms with Crippen LogP contribution < -0.4 is 20.4 Å². The highest BCUT2D eigenvalue weighted by molar-refractivity contribution is 5.95. The first kappa shape index (κ1) is 24.7. The molecular weight excluding hydrogens is 454 g/mol. The van der Waals surface area contributed by atoms with Crippen LogP contribution in [0.2, 0.25) is 0 Å². The number of pyridine rings is 1. The Balaban J connectivity index is 1.37. The highest BCUT2D eigenvalue weighted by Crippen LogP contribution is 2.41. The first-order valence-corrected chi connectivity index (χ1v) is 14.3. The SMILES string of the molecule is CC(C)(C)Cc1ccc2c(N3CCC4(CCCNC4)C3)cc(-c3ccc(N4CCNCC4)cc3)nc2c1. The van der Waals surface area contributed by atoms with Gasteiger partial charge in [-0.2, -0.15) is 0 Å². The van der Waals surface area contributed by atoms with Crippen LogP contribution in [0, 0.1) is 10.8 Å². The Hall–Kier alpha value is -2.63. The van der Waals surface area contributed by atoms with Crippen molar-refractivity contribution in [2.45, 2.75) is 46.5 Å². The number of hydrogen-bond donors (Lipinski definition) is 2. The lowest BCUT2D eigenvalue weighted by atomic mass is 9.80. The van der Waals surface area contributed by atoms with Gasteiger partial charge < -0.3 is 20.4 Å². The van der Waals surface area contributed by atoms with Crippen LogP contribution in [-0.4, -0.2) is 57.3 Å². The smallest absolute Gasteiger partial charge is 0.0733 e. The van der Waals surface area contributed by atoms with Crippen molar-refractivity contribution in [2.24, 2.45) is 10.8 Å². The van der Waals surface area contributed by atoms with E-state index in [-0.39, 0.29) is 5.41 Å². The molecule has 196 valence electrons. The third kappa shape index (κ3) is 5.35. The van der Waals surface area contributed by atoms with Crippen molar-refractivity contribution < 1.29 is 0 Å². The van der Waals surface area contributed by atoms with Gasteiger partial charge in [-0.05, 0) is 67.5 Å². The van der Waals surface area contributed by atoms with E-state index in [1.807, 2.05) is 0 Å². The summed E-state index contributed by atoms with van der Waals surface area (Å²) in [6.07, 6.45) is 4.98. The van der Waals surface area contributed by atoms with Crippen LogP contribution in [0.5, 0.6) is 0 Å². The molecule has 1 aromatic heterocycles. The number of piperazine rings is 1. The average molecular weight is 498 g/mol. The summed E-state index contributed by atoms with van der Waals surface area (Å²) in [6, 6.07) is 18.5. The summed E-state index contributed by atoms with van der Waals surface area (Å²) in [7, 11) is 0. The lowest BCUT2D eigenvalue weighted by Gasteiger charge is -2.34.